The second-order valence-electron chi connectivity index (χ2n) is 4.08. The Morgan fingerprint density at radius 1 is 1.36 bits per heavy atom. The third-order valence-corrected chi connectivity index (χ3v) is 3.31. The van der Waals surface area contributed by atoms with Crippen molar-refractivity contribution in [1.82, 2.24) is 9.80 Å². The molecule has 82 valence electrons. The van der Waals surface area contributed by atoms with Crippen LogP contribution in [0.5, 0.6) is 0 Å². The van der Waals surface area contributed by atoms with Crippen molar-refractivity contribution in [2.24, 2.45) is 0 Å². The molecule has 14 heavy (non-hydrogen) atoms. The maximum Gasteiger partial charge on any atom is 0.0954 e. The highest BCUT2D eigenvalue weighted by Crippen LogP contribution is 2.15. The Morgan fingerprint density at radius 2 is 1.93 bits per heavy atom. The van der Waals surface area contributed by atoms with Gasteiger partial charge in [-0.25, -0.2) is 0 Å². The molecule has 1 heterocycles. The average Bonchev–Trinajstić information content (AvgIpc) is 2.27. The first kappa shape index (κ1) is 11.5. The van der Waals surface area contributed by atoms with Gasteiger partial charge in [-0.2, -0.15) is 0 Å². The molecule has 0 aliphatic carbocycles. The molecule has 1 aliphatic rings. The second-order valence-corrected chi connectivity index (χ2v) is 4.08. The van der Waals surface area contributed by atoms with E-state index in [-0.39, 0.29) is 0 Å². The van der Waals surface area contributed by atoms with Crippen LogP contribution in [0.15, 0.2) is 0 Å². The average molecular weight is 197 g/mol. The first-order chi connectivity index (χ1) is 6.69. The molecule has 0 aromatic heterocycles. The highest BCUT2D eigenvalue weighted by molar-refractivity contribution is 5.78. The maximum atomic E-state index is 7.79. The number of likely N-dealkylation sites (tertiary alicyclic amines) is 1. The Labute approximate surface area is 87.6 Å². The van der Waals surface area contributed by atoms with Crippen LogP contribution < -0.4 is 0 Å². The van der Waals surface area contributed by atoms with Crippen LogP contribution in [0.25, 0.3) is 0 Å². The van der Waals surface area contributed by atoms with Crippen molar-refractivity contribution in [3.8, 4) is 0 Å². The van der Waals surface area contributed by atoms with Crippen molar-refractivity contribution in [2.75, 3.05) is 26.7 Å². The lowest BCUT2D eigenvalue weighted by Crippen LogP contribution is -2.45. The molecule has 0 spiro atoms. The van der Waals surface area contributed by atoms with Gasteiger partial charge in [0, 0.05) is 32.6 Å². The first-order valence-corrected chi connectivity index (χ1v) is 5.71. The van der Waals surface area contributed by atoms with Crippen LogP contribution in [0.2, 0.25) is 0 Å². The van der Waals surface area contributed by atoms with Gasteiger partial charge in [-0.1, -0.05) is 13.8 Å². The summed E-state index contributed by atoms with van der Waals surface area (Å²) in [4.78, 5) is 4.65. The molecular weight excluding hydrogens is 174 g/mol. The third kappa shape index (κ3) is 2.71. The predicted molar refractivity (Wildman–Crippen MR) is 60.9 cm³/mol. The van der Waals surface area contributed by atoms with Crippen molar-refractivity contribution in [3.63, 3.8) is 0 Å². The summed E-state index contributed by atoms with van der Waals surface area (Å²) in [5, 5.41) is 7.79. The lowest BCUT2D eigenvalue weighted by molar-refractivity contribution is 0.170. The lowest BCUT2D eigenvalue weighted by atomic mass is 10.0. The van der Waals surface area contributed by atoms with E-state index in [0.717, 1.165) is 12.3 Å². The standard InChI is InChI=1S/C11H23N3/c1-4-11(12)13(3)10-6-8-14(5-2)9-7-10/h10,12H,4-9H2,1-3H3. The normalized spacial score (nSPS) is 19.6. The summed E-state index contributed by atoms with van der Waals surface area (Å²) in [6.07, 6.45) is 3.28. The minimum atomic E-state index is 0.602. The zero-order valence-electron chi connectivity index (χ0n) is 9.71. The van der Waals surface area contributed by atoms with Crippen molar-refractivity contribution < 1.29 is 0 Å². The molecule has 3 heteroatoms. The quantitative estimate of drug-likeness (QED) is 0.552. The molecule has 0 unspecified atom stereocenters. The highest BCUT2D eigenvalue weighted by atomic mass is 15.2. The van der Waals surface area contributed by atoms with Crippen LogP contribution in [0.4, 0.5) is 0 Å². The van der Waals surface area contributed by atoms with Crippen LogP contribution in [0.3, 0.4) is 0 Å². The van der Waals surface area contributed by atoms with E-state index in [0.29, 0.717) is 6.04 Å². The van der Waals surface area contributed by atoms with E-state index < -0.39 is 0 Å². The summed E-state index contributed by atoms with van der Waals surface area (Å²) in [5.74, 6) is 0.778. The number of rotatable bonds is 3. The molecule has 0 saturated carbocycles. The van der Waals surface area contributed by atoms with Gasteiger partial charge in [-0.15, -0.1) is 0 Å². The minimum absolute atomic E-state index is 0.602. The molecule has 1 saturated heterocycles. The number of nitrogens with one attached hydrogen (secondary N) is 1. The Kier molecular flexibility index (Phi) is 4.39. The Balaban J connectivity index is 2.37. The molecule has 1 fully saturated rings. The summed E-state index contributed by atoms with van der Waals surface area (Å²) in [7, 11) is 2.07. The van der Waals surface area contributed by atoms with E-state index in [9.17, 15) is 0 Å². The van der Waals surface area contributed by atoms with Gasteiger partial charge in [0.15, 0.2) is 0 Å². The number of amidine groups is 1. The van der Waals surface area contributed by atoms with E-state index >= 15 is 0 Å². The molecule has 0 amide bonds. The van der Waals surface area contributed by atoms with Crippen LogP contribution in [-0.2, 0) is 0 Å². The van der Waals surface area contributed by atoms with Gasteiger partial charge in [-0.05, 0) is 19.4 Å². The van der Waals surface area contributed by atoms with E-state index in [2.05, 4.69) is 30.7 Å². The maximum absolute atomic E-state index is 7.79. The summed E-state index contributed by atoms with van der Waals surface area (Å²) < 4.78 is 0. The van der Waals surface area contributed by atoms with Crippen LogP contribution in [0, 0.1) is 5.41 Å². The van der Waals surface area contributed by atoms with Crippen molar-refractivity contribution in [1.29, 1.82) is 5.41 Å². The number of hydrogen-bond donors (Lipinski definition) is 1. The Morgan fingerprint density at radius 3 is 2.36 bits per heavy atom. The van der Waals surface area contributed by atoms with Crippen LogP contribution in [-0.4, -0.2) is 48.4 Å². The molecule has 0 bridgehead atoms. The Hall–Kier alpha value is -0.570. The van der Waals surface area contributed by atoms with E-state index in [1.54, 1.807) is 0 Å². The number of nitrogens with zero attached hydrogens (tertiary/aromatic N) is 2. The van der Waals surface area contributed by atoms with E-state index in [4.69, 9.17) is 5.41 Å². The minimum Gasteiger partial charge on any atom is -0.361 e. The molecule has 0 atom stereocenters. The SMILES string of the molecule is CCC(=N)N(C)C1CCN(CC)CC1. The van der Waals surface area contributed by atoms with Gasteiger partial charge in [0.05, 0.1) is 5.84 Å². The fourth-order valence-electron chi connectivity index (χ4n) is 2.09. The Bertz CT molecular complexity index is 183. The van der Waals surface area contributed by atoms with Gasteiger partial charge in [0.1, 0.15) is 0 Å². The summed E-state index contributed by atoms with van der Waals surface area (Å²) >= 11 is 0. The van der Waals surface area contributed by atoms with Crippen molar-refractivity contribution in [3.05, 3.63) is 0 Å². The van der Waals surface area contributed by atoms with Gasteiger partial charge < -0.3 is 9.80 Å². The first-order valence-electron chi connectivity index (χ1n) is 5.71. The van der Waals surface area contributed by atoms with Gasteiger partial charge in [-0.3, -0.25) is 5.41 Å². The molecule has 1 N–H and O–H groups in total. The smallest absolute Gasteiger partial charge is 0.0954 e. The lowest BCUT2D eigenvalue weighted by Gasteiger charge is -2.37. The summed E-state index contributed by atoms with van der Waals surface area (Å²) in [6, 6.07) is 0.602. The molecule has 1 rings (SSSR count). The predicted octanol–water partition coefficient (Wildman–Crippen LogP) is 1.79. The van der Waals surface area contributed by atoms with Crippen LogP contribution in [0.1, 0.15) is 33.1 Å². The summed E-state index contributed by atoms with van der Waals surface area (Å²) in [5.41, 5.74) is 0. The van der Waals surface area contributed by atoms with Gasteiger partial charge >= 0.3 is 0 Å². The molecule has 0 radical (unpaired) electrons. The molecule has 1 aliphatic heterocycles. The third-order valence-electron chi connectivity index (χ3n) is 3.31. The van der Waals surface area contributed by atoms with E-state index in [1.165, 1.54) is 32.5 Å². The molecular formula is C11H23N3. The number of piperidine rings is 1. The van der Waals surface area contributed by atoms with Crippen molar-refractivity contribution >= 4 is 5.84 Å². The second kappa shape index (κ2) is 5.35. The zero-order valence-corrected chi connectivity index (χ0v) is 9.71. The molecule has 0 aromatic rings. The topological polar surface area (TPSA) is 30.3 Å². The van der Waals surface area contributed by atoms with Crippen molar-refractivity contribution in [2.45, 2.75) is 39.2 Å². The van der Waals surface area contributed by atoms with Crippen LogP contribution >= 0.6 is 0 Å². The molecule has 0 aromatic carbocycles. The monoisotopic (exact) mass is 197 g/mol. The largest absolute Gasteiger partial charge is 0.361 e. The van der Waals surface area contributed by atoms with Gasteiger partial charge in [0.25, 0.3) is 0 Å². The summed E-state index contributed by atoms with van der Waals surface area (Å²) in [6.45, 7) is 7.84. The molecule has 3 nitrogen and oxygen atoms in total. The number of hydrogen-bond acceptors (Lipinski definition) is 2. The fraction of sp³-hybridized carbons (Fsp3) is 0.909. The fourth-order valence-corrected chi connectivity index (χ4v) is 2.09. The van der Waals surface area contributed by atoms with Gasteiger partial charge in [0.2, 0.25) is 0 Å². The van der Waals surface area contributed by atoms with E-state index in [1.807, 2.05) is 0 Å². The zero-order chi connectivity index (χ0) is 10.6. The highest BCUT2D eigenvalue weighted by Gasteiger charge is 2.22.